The van der Waals surface area contributed by atoms with Gasteiger partial charge in [-0.15, -0.1) is 0 Å². The highest BCUT2D eigenvalue weighted by Crippen LogP contribution is 2.43. The molecular formula is C15H16N4O5. The SMILES string of the molecule is C[C@]1(O)C(c2cc3ccc(=O)nc4c3n2NC=N4)O[C@H](CO)[C@H]1O. The van der Waals surface area contributed by atoms with Crippen LogP contribution in [0.5, 0.6) is 0 Å². The summed E-state index contributed by atoms with van der Waals surface area (Å²) < 4.78 is 7.28. The van der Waals surface area contributed by atoms with Crippen molar-refractivity contribution in [3.05, 3.63) is 34.2 Å². The predicted molar refractivity (Wildman–Crippen MR) is 84.8 cm³/mol. The number of aliphatic hydroxyl groups is 3. The lowest BCUT2D eigenvalue weighted by molar-refractivity contribution is -0.0665. The number of aliphatic hydroxyl groups excluding tert-OH is 2. The minimum Gasteiger partial charge on any atom is -0.394 e. The van der Waals surface area contributed by atoms with E-state index in [1.165, 1.54) is 19.3 Å². The van der Waals surface area contributed by atoms with Crippen molar-refractivity contribution in [1.82, 2.24) is 9.66 Å². The molecule has 1 unspecified atom stereocenters. The highest BCUT2D eigenvalue weighted by Gasteiger charge is 2.53. The van der Waals surface area contributed by atoms with Crippen LogP contribution in [0.3, 0.4) is 0 Å². The van der Waals surface area contributed by atoms with Gasteiger partial charge in [0.05, 0.1) is 12.3 Å². The number of nitrogens with zero attached hydrogens (tertiary/aromatic N) is 3. The van der Waals surface area contributed by atoms with Gasteiger partial charge in [-0.3, -0.25) is 14.9 Å². The smallest absolute Gasteiger partial charge is 0.271 e. The summed E-state index contributed by atoms with van der Waals surface area (Å²) in [4.78, 5) is 19.6. The molecule has 4 atom stereocenters. The molecule has 9 nitrogen and oxygen atoms in total. The van der Waals surface area contributed by atoms with Crippen LogP contribution in [-0.2, 0) is 4.74 Å². The van der Waals surface area contributed by atoms with Gasteiger partial charge in [-0.2, -0.15) is 4.98 Å². The van der Waals surface area contributed by atoms with Crippen molar-refractivity contribution in [1.29, 1.82) is 0 Å². The predicted octanol–water partition coefficient (Wildman–Crippen LogP) is -0.843. The molecule has 2 aromatic heterocycles. The fourth-order valence-electron chi connectivity index (χ4n) is 3.26. The summed E-state index contributed by atoms with van der Waals surface area (Å²) in [5.74, 6) is 0.252. The Morgan fingerprint density at radius 1 is 1.46 bits per heavy atom. The topological polar surface area (TPSA) is 129 Å². The lowest BCUT2D eigenvalue weighted by atomic mass is 9.91. The largest absolute Gasteiger partial charge is 0.394 e. The van der Waals surface area contributed by atoms with Crippen LogP contribution in [0.15, 0.2) is 28.0 Å². The van der Waals surface area contributed by atoms with Gasteiger partial charge >= 0.3 is 0 Å². The van der Waals surface area contributed by atoms with Crippen molar-refractivity contribution < 1.29 is 20.1 Å². The van der Waals surface area contributed by atoms with Crippen molar-refractivity contribution in [3.8, 4) is 0 Å². The Kier molecular flexibility index (Phi) is 3.22. The van der Waals surface area contributed by atoms with Crippen LogP contribution in [-0.4, -0.2) is 55.7 Å². The van der Waals surface area contributed by atoms with E-state index in [-0.39, 0.29) is 5.82 Å². The molecule has 4 N–H and O–H groups in total. The van der Waals surface area contributed by atoms with Gasteiger partial charge in [0.2, 0.25) is 0 Å². The Morgan fingerprint density at radius 3 is 2.96 bits per heavy atom. The van der Waals surface area contributed by atoms with E-state index >= 15 is 0 Å². The summed E-state index contributed by atoms with van der Waals surface area (Å²) in [6, 6.07) is 4.67. The van der Waals surface area contributed by atoms with E-state index in [9.17, 15) is 20.1 Å². The number of hydrogen-bond acceptors (Lipinski definition) is 8. The van der Waals surface area contributed by atoms with Crippen LogP contribution >= 0.6 is 0 Å². The first-order valence-electron chi connectivity index (χ1n) is 7.46. The van der Waals surface area contributed by atoms with Gasteiger partial charge in [-0.25, -0.2) is 4.99 Å². The molecule has 2 aliphatic rings. The molecule has 126 valence electrons. The molecule has 0 spiro atoms. The number of hydrogen-bond donors (Lipinski definition) is 4. The van der Waals surface area contributed by atoms with Gasteiger partial charge in [0.1, 0.15) is 35.8 Å². The van der Waals surface area contributed by atoms with Gasteiger partial charge < -0.3 is 20.1 Å². The molecule has 0 saturated carbocycles. The Labute approximate surface area is 135 Å². The van der Waals surface area contributed by atoms with Gasteiger partial charge in [-0.05, 0) is 19.1 Å². The Bertz CT molecular complexity index is 907. The first-order chi connectivity index (χ1) is 11.4. The van der Waals surface area contributed by atoms with E-state index in [0.717, 1.165) is 0 Å². The highest BCUT2D eigenvalue weighted by atomic mass is 16.6. The first-order valence-corrected chi connectivity index (χ1v) is 7.46. The molecule has 1 saturated heterocycles. The standard InChI is InChI=1S/C15H16N4O5/c1-15(23)12(22)9(5-20)24-13(15)8-4-7-2-3-10(21)18-14-11(7)19(8)17-6-16-14/h2-4,6,9,12-13,20,22-23H,5H2,1H3,(H,16,17,18,21)/t9-,12-,13?,15-/m1/s1. The van der Waals surface area contributed by atoms with E-state index in [2.05, 4.69) is 15.4 Å². The summed E-state index contributed by atoms with van der Waals surface area (Å²) in [6.07, 6.45) is -1.64. The summed E-state index contributed by atoms with van der Waals surface area (Å²) >= 11 is 0. The second-order valence-corrected chi connectivity index (χ2v) is 6.11. The van der Waals surface area contributed by atoms with Crippen molar-refractivity contribution in [2.45, 2.75) is 30.8 Å². The van der Waals surface area contributed by atoms with Crippen LogP contribution in [0, 0.1) is 0 Å². The number of ether oxygens (including phenoxy) is 1. The Morgan fingerprint density at radius 2 is 2.25 bits per heavy atom. The third-order valence-corrected chi connectivity index (χ3v) is 4.51. The van der Waals surface area contributed by atoms with Crippen molar-refractivity contribution >= 4 is 23.1 Å². The molecule has 9 heteroatoms. The lowest BCUT2D eigenvalue weighted by Crippen LogP contribution is -2.43. The first kappa shape index (κ1) is 15.2. The normalized spacial score (nSPS) is 31.4. The van der Waals surface area contributed by atoms with Gasteiger partial charge in [0, 0.05) is 11.5 Å². The van der Waals surface area contributed by atoms with E-state index in [1.54, 1.807) is 16.8 Å². The fraction of sp³-hybridized carbons (Fsp3) is 0.400. The Hall–Kier alpha value is -2.33. The summed E-state index contributed by atoms with van der Waals surface area (Å²) in [5, 5.41) is 30.9. The van der Waals surface area contributed by atoms with Crippen molar-refractivity contribution in [2.75, 3.05) is 12.0 Å². The highest BCUT2D eigenvalue weighted by molar-refractivity contribution is 5.93. The maximum Gasteiger partial charge on any atom is 0.271 e. The maximum atomic E-state index is 11.6. The van der Waals surface area contributed by atoms with E-state index < -0.39 is 36.1 Å². The number of aromatic nitrogens is 2. The molecule has 4 heterocycles. The maximum absolute atomic E-state index is 11.6. The molecule has 4 rings (SSSR count). The van der Waals surface area contributed by atoms with Gasteiger partial charge in [0.15, 0.2) is 5.82 Å². The third-order valence-electron chi connectivity index (χ3n) is 4.51. The summed E-state index contributed by atoms with van der Waals surface area (Å²) in [6.45, 7) is 1.04. The zero-order valence-corrected chi connectivity index (χ0v) is 12.7. The molecule has 24 heavy (non-hydrogen) atoms. The van der Waals surface area contributed by atoms with Crippen molar-refractivity contribution in [2.24, 2.45) is 4.99 Å². The van der Waals surface area contributed by atoms with E-state index in [4.69, 9.17) is 4.74 Å². The minimum atomic E-state index is -1.60. The monoisotopic (exact) mass is 332 g/mol. The molecule has 1 fully saturated rings. The fourth-order valence-corrected chi connectivity index (χ4v) is 3.26. The molecule has 2 aliphatic heterocycles. The second-order valence-electron chi connectivity index (χ2n) is 6.11. The quantitative estimate of drug-likeness (QED) is 0.564. The van der Waals surface area contributed by atoms with Crippen LogP contribution in [0.2, 0.25) is 0 Å². The zero-order valence-electron chi connectivity index (χ0n) is 12.7. The molecule has 0 aliphatic carbocycles. The third kappa shape index (κ3) is 1.99. The molecule has 0 amide bonds. The number of aliphatic imine (C=N–C) groups is 1. The Balaban J connectivity index is 1.93. The lowest BCUT2D eigenvalue weighted by Gasteiger charge is -2.27. The molecule has 0 bridgehead atoms. The van der Waals surface area contributed by atoms with Crippen molar-refractivity contribution in [3.63, 3.8) is 0 Å². The molecule has 2 aromatic rings. The summed E-state index contributed by atoms with van der Waals surface area (Å²) in [5.41, 5.74) is 2.00. The van der Waals surface area contributed by atoms with Gasteiger partial charge in [0.25, 0.3) is 5.56 Å². The van der Waals surface area contributed by atoms with Gasteiger partial charge in [-0.1, -0.05) is 0 Å². The number of nitrogens with one attached hydrogen (secondary N) is 1. The van der Waals surface area contributed by atoms with Crippen LogP contribution in [0.25, 0.3) is 10.9 Å². The zero-order chi connectivity index (χ0) is 17.1. The van der Waals surface area contributed by atoms with Crippen LogP contribution < -0.4 is 11.0 Å². The number of rotatable bonds is 2. The summed E-state index contributed by atoms with van der Waals surface area (Å²) in [7, 11) is 0. The minimum absolute atomic E-state index is 0.252. The molecular weight excluding hydrogens is 316 g/mol. The average molecular weight is 332 g/mol. The van der Waals surface area contributed by atoms with Crippen LogP contribution in [0.1, 0.15) is 18.7 Å². The van der Waals surface area contributed by atoms with E-state index in [1.807, 2.05) is 0 Å². The van der Waals surface area contributed by atoms with Crippen LogP contribution in [0.4, 0.5) is 5.82 Å². The molecule has 0 radical (unpaired) electrons. The second kappa shape index (κ2) is 5.08. The average Bonchev–Trinajstić information content (AvgIpc) is 2.95. The van der Waals surface area contributed by atoms with E-state index in [0.29, 0.717) is 16.6 Å². The molecule has 0 aromatic carbocycles.